The highest BCUT2D eigenvalue weighted by Crippen LogP contribution is 2.36. The van der Waals surface area contributed by atoms with Crippen LogP contribution < -0.4 is 20.7 Å². The van der Waals surface area contributed by atoms with Crippen LogP contribution in [0.1, 0.15) is 36.7 Å². The fraction of sp³-hybridized carbons (Fsp3) is 0.292. The summed E-state index contributed by atoms with van der Waals surface area (Å²) in [5, 5.41) is 17.6. The van der Waals surface area contributed by atoms with Crippen LogP contribution in [0.25, 0.3) is 0 Å². The molecule has 0 bridgehead atoms. The maximum atomic E-state index is 12.6. The number of ether oxygens (including phenoxy) is 3. The molecule has 12 nitrogen and oxygen atoms in total. The maximum absolute atomic E-state index is 12.6. The van der Waals surface area contributed by atoms with Crippen LogP contribution in [0.15, 0.2) is 42.5 Å². The monoisotopic (exact) mass is 500 g/mol. The molecule has 0 fully saturated rings. The van der Waals surface area contributed by atoms with Crippen molar-refractivity contribution >= 4 is 41.0 Å². The lowest BCUT2D eigenvalue weighted by Crippen LogP contribution is -2.47. The second kappa shape index (κ2) is 12.9. The Balaban J connectivity index is 0.00000106. The zero-order chi connectivity index (χ0) is 26.8. The number of anilines is 2. The maximum Gasteiger partial charge on any atom is 0.332 e. The first kappa shape index (κ1) is 27.8. The normalized spacial score (nSPS) is 13.9. The number of nitrogens with zero attached hydrogens (tertiary/aromatic N) is 1. The number of carbonyl (C=O) groups is 4. The number of esters is 1. The number of carbonyl (C=O) groups excluding carboxylic acids is 3. The number of amidine groups is 1. The van der Waals surface area contributed by atoms with Crippen LogP contribution in [-0.2, 0) is 23.9 Å². The fourth-order valence-electron chi connectivity index (χ4n) is 3.10. The highest BCUT2D eigenvalue weighted by molar-refractivity contribution is 6.06. The number of nitrogen functional groups attached to an aromatic ring is 1. The Morgan fingerprint density at radius 3 is 2.31 bits per heavy atom. The van der Waals surface area contributed by atoms with Crippen molar-refractivity contribution in [2.75, 3.05) is 30.0 Å². The number of nitrogens with two attached hydrogens (primary N) is 1. The van der Waals surface area contributed by atoms with Crippen LogP contribution in [-0.4, -0.2) is 60.7 Å². The Morgan fingerprint density at radius 1 is 1.14 bits per heavy atom. The van der Waals surface area contributed by atoms with Crippen molar-refractivity contribution in [2.24, 2.45) is 5.73 Å². The SMILES string of the molecule is CC(=O)O.CCOC(=O)COC1Oc2cc(NC(=O)c3ccc(C(=N)N)cc3)ccc2N(CC)C1=O. The minimum Gasteiger partial charge on any atom is -0.481 e. The molecular formula is C24H28N4O8. The second-order valence-corrected chi connectivity index (χ2v) is 7.29. The molecule has 12 heteroatoms. The summed E-state index contributed by atoms with van der Waals surface area (Å²) in [5.41, 5.74) is 7.30. The minimum absolute atomic E-state index is 0.0847. The van der Waals surface area contributed by atoms with E-state index in [2.05, 4.69) is 5.32 Å². The van der Waals surface area contributed by atoms with Crippen LogP contribution in [0.2, 0.25) is 0 Å². The summed E-state index contributed by atoms with van der Waals surface area (Å²) in [6.07, 6.45) is -1.31. The molecule has 0 aliphatic carbocycles. The first-order chi connectivity index (χ1) is 17.1. The first-order valence-corrected chi connectivity index (χ1v) is 10.9. The Bertz CT molecular complexity index is 1130. The van der Waals surface area contributed by atoms with E-state index in [1.165, 1.54) is 4.90 Å². The highest BCUT2D eigenvalue weighted by Gasteiger charge is 2.35. The van der Waals surface area contributed by atoms with Gasteiger partial charge in [-0.1, -0.05) is 12.1 Å². The van der Waals surface area contributed by atoms with E-state index in [1.54, 1.807) is 56.3 Å². The molecule has 5 N–H and O–H groups in total. The van der Waals surface area contributed by atoms with Crippen LogP contribution in [0.4, 0.5) is 11.4 Å². The molecule has 2 aromatic rings. The van der Waals surface area contributed by atoms with Gasteiger partial charge in [0, 0.05) is 36.3 Å². The Hall–Kier alpha value is -4.45. The van der Waals surface area contributed by atoms with Crippen molar-refractivity contribution < 1.29 is 38.5 Å². The third-order valence-corrected chi connectivity index (χ3v) is 4.64. The number of aliphatic carboxylic acids is 1. The lowest BCUT2D eigenvalue weighted by molar-refractivity contribution is -0.166. The van der Waals surface area contributed by atoms with Gasteiger partial charge in [0.2, 0.25) is 0 Å². The van der Waals surface area contributed by atoms with Gasteiger partial charge < -0.3 is 35.3 Å². The van der Waals surface area contributed by atoms with Crippen molar-refractivity contribution in [3.05, 3.63) is 53.6 Å². The summed E-state index contributed by atoms with van der Waals surface area (Å²) in [7, 11) is 0. The lowest BCUT2D eigenvalue weighted by atomic mass is 10.1. The van der Waals surface area contributed by atoms with Crippen molar-refractivity contribution in [2.45, 2.75) is 27.1 Å². The molecular weight excluding hydrogens is 472 g/mol. The molecule has 3 rings (SSSR count). The number of hydrogen-bond acceptors (Lipinski definition) is 8. The van der Waals surface area contributed by atoms with Crippen LogP contribution in [0.5, 0.6) is 5.75 Å². The first-order valence-electron chi connectivity index (χ1n) is 10.9. The number of benzene rings is 2. The van der Waals surface area contributed by atoms with Gasteiger partial charge in [0.1, 0.15) is 18.2 Å². The fourth-order valence-corrected chi connectivity index (χ4v) is 3.10. The molecule has 2 amide bonds. The summed E-state index contributed by atoms with van der Waals surface area (Å²) >= 11 is 0. The number of carboxylic acid groups (broad SMARTS) is 1. The zero-order valence-corrected chi connectivity index (χ0v) is 20.1. The summed E-state index contributed by atoms with van der Waals surface area (Å²) in [6.45, 7) is 4.69. The molecule has 36 heavy (non-hydrogen) atoms. The van der Waals surface area contributed by atoms with E-state index in [-0.39, 0.29) is 18.3 Å². The zero-order valence-electron chi connectivity index (χ0n) is 20.1. The van der Waals surface area contributed by atoms with E-state index in [0.717, 1.165) is 6.92 Å². The van der Waals surface area contributed by atoms with Gasteiger partial charge >= 0.3 is 5.97 Å². The van der Waals surface area contributed by atoms with Gasteiger partial charge in [0.05, 0.1) is 12.3 Å². The van der Waals surface area contributed by atoms with E-state index in [0.29, 0.717) is 34.8 Å². The molecule has 192 valence electrons. The number of carboxylic acids is 1. The predicted molar refractivity (Wildman–Crippen MR) is 130 cm³/mol. The lowest BCUT2D eigenvalue weighted by Gasteiger charge is -2.33. The summed E-state index contributed by atoms with van der Waals surface area (Å²) in [6, 6.07) is 11.2. The summed E-state index contributed by atoms with van der Waals surface area (Å²) in [5.74, 6) is -2.00. The van der Waals surface area contributed by atoms with Gasteiger partial charge in [-0.25, -0.2) is 4.79 Å². The van der Waals surface area contributed by atoms with Gasteiger partial charge in [-0.05, 0) is 38.1 Å². The van der Waals surface area contributed by atoms with E-state index < -0.39 is 30.7 Å². The van der Waals surface area contributed by atoms with Crippen LogP contribution in [0.3, 0.4) is 0 Å². The van der Waals surface area contributed by atoms with Gasteiger partial charge in [-0.15, -0.1) is 0 Å². The number of hydrogen-bond donors (Lipinski definition) is 4. The molecule has 0 saturated heterocycles. The molecule has 0 saturated carbocycles. The Labute approximate surface area is 207 Å². The Kier molecular flexibility index (Phi) is 9.93. The van der Waals surface area contributed by atoms with E-state index in [9.17, 15) is 14.4 Å². The molecule has 0 aromatic heterocycles. The van der Waals surface area contributed by atoms with E-state index in [4.69, 9.17) is 35.3 Å². The number of likely N-dealkylation sites (N-methyl/N-ethyl adjacent to an activating group) is 1. The second-order valence-electron chi connectivity index (χ2n) is 7.29. The van der Waals surface area contributed by atoms with E-state index in [1.807, 2.05) is 0 Å². The summed E-state index contributed by atoms with van der Waals surface area (Å²) < 4.78 is 15.8. The predicted octanol–water partition coefficient (Wildman–Crippen LogP) is 1.96. The average Bonchev–Trinajstić information content (AvgIpc) is 2.82. The highest BCUT2D eigenvalue weighted by atomic mass is 16.7. The van der Waals surface area contributed by atoms with Crippen molar-refractivity contribution in [3.63, 3.8) is 0 Å². The molecule has 1 aliphatic rings. The number of rotatable bonds is 8. The molecule has 1 atom stereocenters. The standard InChI is InChI=1S/C22H24N4O6.C2H4O2/c1-3-26-16-10-9-15(25-20(28)14-7-5-13(6-8-14)19(23)24)11-17(16)32-22(21(26)29)31-12-18(27)30-4-2;1-2(3)4/h5-11,22H,3-4,12H2,1-2H3,(H3,23,24)(H,25,28);1H3,(H,3,4). The topological polar surface area (TPSA) is 181 Å². The van der Waals surface area contributed by atoms with Crippen molar-refractivity contribution in [1.29, 1.82) is 5.41 Å². The molecule has 1 aliphatic heterocycles. The number of nitrogens with one attached hydrogen (secondary N) is 2. The molecule has 0 spiro atoms. The van der Waals surface area contributed by atoms with Crippen LogP contribution in [0, 0.1) is 5.41 Å². The largest absolute Gasteiger partial charge is 0.481 e. The third-order valence-electron chi connectivity index (χ3n) is 4.64. The molecule has 1 unspecified atom stereocenters. The van der Waals surface area contributed by atoms with Crippen LogP contribution >= 0.6 is 0 Å². The number of fused-ring (bicyclic) bond motifs is 1. The van der Waals surface area contributed by atoms with Crippen molar-refractivity contribution in [1.82, 2.24) is 0 Å². The Morgan fingerprint density at radius 2 is 1.75 bits per heavy atom. The van der Waals surface area contributed by atoms with Crippen molar-refractivity contribution in [3.8, 4) is 5.75 Å². The molecule has 2 aromatic carbocycles. The average molecular weight is 501 g/mol. The molecule has 1 heterocycles. The number of amides is 2. The van der Waals surface area contributed by atoms with Gasteiger partial charge in [-0.2, -0.15) is 0 Å². The quantitative estimate of drug-likeness (QED) is 0.239. The summed E-state index contributed by atoms with van der Waals surface area (Å²) in [4.78, 5) is 47.2. The van der Waals surface area contributed by atoms with Gasteiger partial charge in [0.25, 0.3) is 24.1 Å². The molecule has 0 radical (unpaired) electrons. The third kappa shape index (κ3) is 7.53. The van der Waals surface area contributed by atoms with Gasteiger partial charge in [-0.3, -0.25) is 19.8 Å². The van der Waals surface area contributed by atoms with Gasteiger partial charge in [0.15, 0.2) is 0 Å². The van der Waals surface area contributed by atoms with E-state index >= 15 is 0 Å². The smallest absolute Gasteiger partial charge is 0.332 e. The minimum atomic E-state index is -1.31.